The van der Waals surface area contributed by atoms with Crippen molar-refractivity contribution in [3.63, 3.8) is 0 Å². The molecule has 0 radical (unpaired) electrons. The summed E-state index contributed by atoms with van der Waals surface area (Å²) in [5, 5.41) is 8.40. The minimum Gasteiger partial charge on any atom is -0.405 e. The van der Waals surface area contributed by atoms with Crippen LogP contribution >= 0.6 is 22.6 Å². The van der Waals surface area contributed by atoms with Crippen LogP contribution in [-0.4, -0.2) is 11.3 Å². The molecule has 15 heavy (non-hydrogen) atoms. The van der Waals surface area contributed by atoms with Crippen LogP contribution < -0.4 is 4.74 Å². The van der Waals surface area contributed by atoms with Gasteiger partial charge in [-0.2, -0.15) is 5.26 Å². The van der Waals surface area contributed by atoms with Crippen molar-refractivity contribution >= 4 is 22.6 Å². The highest BCUT2D eigenvalue weighted by atomic mass is 127. The maximum absolute atomic E-state index is 12.0. The first kappa shape index (κ1) is 12.0. The van der Waals surface area contributed by atoms with Crippen LogP contribution in [-0.2, 0) is 6.42 Å². The Hall–Kier alpha value is -1.04. The molecule has 0 fully saturated rings. The maximum Gasteiger partial charge on any atom is 0.573 e. The summed E-state index contributed by atoms with van der Waals surface area (Å²) in [6, 6.07) is 2.88. The molecule has 1 aromatic rings. The van der Waals surface area contributed by atoms with Gasteiger partial charge in [0.05, 0.1) is 12.5 Å². The van der Waals surface area contributed by atoms with Crippen LogP contribution in [0, 0.1) is 15.0 Å². The van der Waals surface area contributed by atoms with E-state index in [0.29, 0.717) is 3.70 Å². The molecule has 0 atom stereocenters. The summed E-state index contributed by atoms with van der Waals surface area (Å²) in [4.78, 5) is 3.78. The normalized spacial score (nSPS) is 10.9. The third kappa shape index (κ3) is 3.91. The number of halogens is 4. The number of alkyl halides is 3. The Kier molecular flexibility index (Phi) is 3.73. The molecule has 0 amide bonds. The fraction of sp³-hybridized carbons (Fsp3) is 0.250. The van der Waals surface area contributed by atoms with Crippen molar-refractivity contribution in [1.29, 1.82) is 5.26 Å². The lowest BCUT2D eigenvalue weighted by Crippen LogP contribution is -2.18. The topological polar surface area (TPSA) is 45.9 Å². The summed E-state index contributed by atoms with van der Waals surface area (Å²) >= 11 is 1.76. The van der Waals surface area contributed by atoms with Crippen LogP contribution in [0.25, 0.3) is 0 Å². The van der Waals surface area contributed by atoms with Crippen LogP contribution in [0.5, 0.6) is 5.75 Å². The van der Waals surface area contributed by atoms with Crippen molar-refractivity contribution in [2.24, 2.45) is 0 Å². The van der Waals surface area contributed by atoms with E-state index in [-0.39, 0.29) is 17.7 Å². The molecular formula is C8H4F3IN2O. The molecule has 0 aliphatic carbocycles. The summed E-state index contributed by atoms with van der Waals surface area (Å²) < 4.78 is 40.0. The van der Waals surface area contributed by atoms with Gasteiger partial charge in [0.2, 0.25) is 0 Å². The van der Waals surface area contributed by atoms with E-state index in [0.717, 1.165) is 6.07 Å². The van der Waals surface area contributed by atoms with Gasteiger partial charge in [-0.3, -0.25) is 0 Å². The molecular weight excluding hydrogens is 324 g/mol. The average Bonchev–Trinajstić information content (AvgIpc) is 2.07. The summed E-state index contributed by atoms with van der Waals surface area (Å²) in [5.74, 6) is -0.372. The Balaban J connectivity index is 3.03. The molecule has 1 aromatic heterocycles. The van der Waals surface area contributed by atoms with Gasteiger partial charge in [0, 0.05) is 17.8 Å². The van der Waals surface area contributed by atoms with Crippen LogP contribution in [0.3, 0.4) is 0 Å². The smallest absolute Gasteiger partial charge is 0.405 e. The second-order valence-corrected chi connectivity index (χ2v) is 3.60. The van der Waals surface area contributed by atoms with Crippen LogP contribution in [0.15, 0.2) is 12.3 Å². The maximum atomic E-state index is 12.0. The predicted octanol–water partition coefficient (Wildman–Crippen LogP) is 2.65. The third-order valence-electron chi connectivity index (χ3n) is 1.41. The average molecular weight is 328 g/mol. The van der Waals surface area contributed by atoms with Gasteiger partial charge in [0.25, 0.3) is 0 Å². The zero-order valence-corrected chi connectivity index (χ0v) is 9.33. The van der Waals surface area contributed by atoms with E-state index in [1.807, 2.05) is 0 Å². The van der Waals surface area contributed by atoms with Gasteiger partial charge < -0.3 is 4.74 Å². The lowest BCUT2D eigenvalue weighted by atomic mass is 10.2. The Labute approximate surface area is 97.0 Å². The first-order valence-corrected chi connectivity index (χ1v) is 4.77. The molecule has 0 N–H and O–H groups in total. The van der Waals surface area contributed by atoms with Crippen molar-refractivity contribution in [3.8, 4) is 11.8 Å². The van der Waals surface area contributed by atoms with Gasteiger partial charge in [0.15, 0.2) is 0 Å². The zero-order valence-electron chi connectivity index (χ0n) is 7.18. The van der Waals surface area contributed by atoms with E-state index in [2.05, 4.69) is 9.72 Å². The molecule has 0 saturated carbocycles. The van der Waals surface area contributed by atoms with E-state index < -0.39 is 6.36 Å². The molecule has 80 valence electrons. The van der Waals surface area contributed by atoms with Gasteiger partial charge in [-0.25, -0.2) is 4.98 Å². The second-order valence-electron chi connectivity index (χ2n) is 2.50. The Morgan fingerprint density at radius 2 is 2.20 bits per heavy atom. The van der Waals surface area contributed by atoms with Gasteiger partial charge in [-0.15, -0.1) is 13.2 Å². The molecule has 1 rings (SSSR count). The lowest BCUT2D eigenvalue weighted by molar-refractivity contribution is -0.274. The quantitative estimate of drug-likeness (QED) is 0.619. The van der Waals surface area contributed by atoms with E-state index in [4.69, 9.17) is 5.26 Å². The molecule has 0 saturated heterocycles. The molecule has 0 unspecified atom stereocenters. The monoisotopic (exact) mass is 328 g/mol. The van der Waals surface area contributed by atoms with Crippen molar-refractivity contribution in [2.45, 2.75) is 12.8 Å². The van der Waals surface area contributed by atoms with Crippen molar-refractivity contribution < 1.29 is 17.9 Å². The van der Waals surface area contributed by atoms with Crippen LogP contribution in [0.1, 0.15) is 5.56 Å². The van der Waals surface area contributed by atoms with Crippen LogP contribution in [0.4, 0.5) is 13.2 Å². The first-order valence-electron chi connectivity index (χ1n) is 3.69. The van der Waals surface area contributed by atoms with Gasteiger partial charge in [-0.1, -0.05) is 0 Å². The summed E-state index contributed by atoms with van der Waals surface area (Å²) in [5.41, 5.74) is 0.121. The van der Waals surface area contributed by atoms with Gasteiger partial charge in [0.1, 0.15) is 9.45 Å². The number of pyridine rings is 1. The molecule has 3 nitrogen and oxygen atoms in total. The Morgan fingerprint density at radius 1 is 1.53 bits per heavy atom. The third-order valence-corrected chi connectivity index (χ3v) is 2.00. The summed E-state index contributed by atoms with van der Waals surface area (Å²) in [6.45, 7) is 0. The number of ether oxygens (including phenoxy) is 1. The van der Waals surface area contributed by atoms with Crippen molar-refractivity contribution in [3.05, 3.63) is 21.5 Å². The van der Waals surface area contributed by atoms with E-state index in [1.54, 1.807) is 28.7 Å². The SMILES string of the molecule is N#CCc1cnc(I)cc1OC(F)(F)F. The Bertz CT molecular complexity index is 400. The predicted molar refractivity (Wildman–Crippen MR) is 53.0 cm³/mol. The second kappa shape index (κ2) is 4.65. The van der Waals surface area contributed by atoms with Crippen molar-refractivity contribution in [1.82, 2.24) is 4.98 Å². The van der Waals surface area contributed by atoms with E-state index >= 15 is 0 Å². The number of hydrogen-bond donors (Lipinski definition) is 0. The first-order chi connectivity index (χ1) is 6.92. The molecule has 0 bridgehead atoms. The fourth-order valence-corrected chi connectivity index (χ4v) is 1.30. The molecule has 0 aliphatic heterocycles. The van der Waals surface area contributed by atoms with E-state index in [9.17, 15) is 13.2 Å². The summed E-state index contributed by atoms with van der Waals surface area (Å²) in [6.07, 6.45) is -3.73. The number of hydrogen-bond acceptors (Lipinski definition) is 3. The number of nitrogens with zero attached hydrogens (tertiary/aromatic N) is 2. The standard InChI is InChI=1S/C8H4F3IN2O/c9-8(10,11)15-6-3-7(12)14-4-5(6)1-2-13/h3-4H,1H2. The zero-order chi connectivity index (χ0) is 11.5. The Morgan fingerprint density at radius 3 is 2.73 bits per heavy atom. The van der Waals surface area contributed by atoms with Crippen molar-refractivity contribution in [2.75, 3.05) is 0 Å². The highest BCUT2D eigenvalue weighted by Gasteiger charge is 2.32. The molecule has 7 heteroatoms. The molecule has 1 heterocycles. The van der Waals surface area contributed by atoms with Gasteiger partial charge in [-0.05, 0) is 22.6 Å². The highest BCUT2D eigenvalue weighted by Crippen LogP contribution is 2.27. The minimum atomic E-state index is -4.76. The van der Waals surface area contributed by atoms with E-state index in [1.165, 1.54) is 6.20 Å². The number of rotatable bonds is 2. The van der Waals surface area contributed by atoms with Crippen LogP contribution in [0.2, 0.25) is 0 Å². The van der Waals surface area contributed by atoms with Gasteiger partial charge >= 0.3 is 6.36 Å². The number of aromatic nitrogens is 1. The highest BCUT2D eigenvalue weighted by molar-refractivity contribution is 14.1. The fourth-order valence-electron chi connectivity index (χ4n) is 0.879. The minimum absolute atomic E-state index is 0.121. The molecule has 0 spiro atoms. The summed E-state index contributed by atoms with van der Waals surface area (Å²) in [7, 11) is 0. The lowest BCUT2D eigenvalue weighted by Gasteiger charge is -2.11. The molecule has 0 aliphatic rings. The largest absolute Gasteiger partial charge is 0.573 e. The molecule has 0 aromatic carbocycles. The number of nitriles is 1.